The van der Waals surface area contributed by atoms with Crippen LogP contribution in [0.25, 0.3) is 0 Å². The van der Waals surface area contributed by atoms with E-state index in [4.69, 9.17) is 5.84 Å². The SMILES string of the molecule is Cc1ccc(NN)c(C(=O)N(C)CC(C)C)c1. The molecule has 0 spiro atoms. The van der Waals surface area contributed by atoms with Crippen molar-refractivity contribution in [1.29, 1.82) is 0 Å². The van der Waals surface area contributed by atoms with Gasteiger partial charge in [-0.3, -0.25) is 10.6 Å². The Kier molecular flexibility index (Phi) is 4.52. The van der Waals surface area contributed by atoms with Gasteiger partial charge in [-0.2, -0.15) is 0 Å². The second-order valence-corrected chi connectivity index (χ2v) is 4.77. The average Bonchev–Trinajstić information content (AvgIpc) is 2.27. The van der Waals surface area contributed by atoms with Crippen LogP contribution in [0.2, 0.25) is 0 Å². The molecule has 1 amide bonds. The molecule has 94 valence electrons. The van der Waals surface area contributed by atoms with Gasteiger partial charge in [0.25, 0.3) is 5.91 Å². The van der Waals surface area contributed by atoms with Gasteiger partial charge in [-0.1, -0.05) is 25.5 Å². The quantitative estimate of drug-likeness (QED) is 0.620. The number of amides is 1. The minimum Gasteiger partial charge on any atom is -0.341 e. The molecule has 0 atom stereocenters. The summed E-state index contributed by atoms with van der Waals surface area (Å²) in [5.74, 6) is 5.86. The third-order valence-electron chi connectivity index (χ3n) is 2.55. The molecule has 0 aromatic heterocycles. The van der Waals surface area contributed by atoms with Crippen molar-refractivity contribution in [2.24, 2.45) is 11.8 Å². The van der Waals surface area contributed by atoms with Crippen LogP contribution < -0.4 is 11.3 Å². The Morgan fingerprint density at radius 2 is 2.12 bits per heavy atom. The summed E-state index contributed by atoms with van der Waals surface area (Å²) in [6.45, 7) is 6.86. The van der Waals surface area contributed by atoms with Crippen molar-refractivity contribution >= 4 is 11.6 Å². The summed E-state index contributed by atoms with van der Waals surface area (Å²) >= 11 is 0. The summed E-state index contributed by atoms with van der Waals surface area (Å²) in [7, 11) is 1.81. The summed E-state index contributed by atoms with van der Waals surface area (Å²) in [5.41, 5.74) is 4.90. The van der Waals surface area contributed by atoms with Crippen LogP contribution in [-0.4, -0.2) is 24.4 Å². The number of nitrogens with two attached hydrogens (primary N) is 1. The van der Waals surface area contributed by atoms with Crippen LogP contribution >= 0.6 is 0 Å². The van der Waals surface area contributed by atoms with Crippen molar-refractivity contribution in [3.05, 3.63) is 29.3 Å². The highest BCUT2D eigenvalue weighted by molar-refractivity contribution is 5.99. The van der Waals surface area contributed by atoms with E-state index in [2.05, 4.69) is 19.3 Å². The second kappa shape index (κ2) is 5.68. The van der Waals surface area contributed by atoms with Crippen LogP contribution in [0.15, 0.2) is 18.2 Å². The van der Waals surface area contributed by atoms with Crippen molar-refractivity contribution < 1.29 is 4.79 Å². The van der Waals surface area contributed by atoms with Gasteiger partial charge in [0, 0.05) is 13.6 Å². The van der Waals surface area contributed by atoms with Gasteiger partial charge in [-0.25, -0.2) is 0 Å². The molecule has 0 fully saturated rings. The van der Waals surface area contributed by atoms with E-state index in [1.54, 1.807) is 4.90 Å². The van der Waals surface area contributed by atoms with Crippen LogP contribution in [0, 0.1) is 12.8 Å². The number of nitrogen functional groups attached to an aromatic ring is 1. The fourth-order valence-electron chi connectivity index (χ4n) is 1.80. The maximum atomic E-state index is 12.2. The number of rotatable bonds is 4. The monoisotopic (exact) mass is 235 g/mol. The molecule has 1 aromatic carbocycles. The van der Waals surface area contributed by atoms with Crippen LogP contribution in [0.1, 0.15) is 29.8 Å². The number of hydrogen-bond donors (Lipinski definition) is 2. The van der Waals surface area contributed by atoms with Crippen LogP contribution in [0.3, 0.4) is 0 Å². The Balaban J connectivity index is 2.98. The van der Waals surface area contributed by atoms with Gasteiger partial charge in [0.05, 0.1) is 11.3 Å². The molecule has 0 radical (unpaired) electrons. The lowest BCUT2D eigenvalue weighted by atomic mass is 10.1. The summed E-state index contributed by atoms with van der Waals surface area (Å²) in [6, 6.07) is 5.61. The highest BCUT2D eigenvalue weighted by Crippen LogP contribution is 2.18. The molecule has 0 heterocycles. The van der Waals surface area contributed by atoms with E-state index in [0.29, 0.717) is 17.2 Å². The molecular weight excluding hydrogens is 214 g/mol. The first-order valence-electron chi connectivity index (χ1n) is 5.78. The van der Waals surface area contributed by atoms with Crippen LogP contribution in [0.5, 0.6) is 0 Å². The van der Waals surface area contributed by atoms with Crippen molar-refractivity contribution in [3.63, 3.8) is 0 Å². The molecule has 1 rings (SSSR count). The van der Waals surface area contributed by atoms with Gasteiger partial charge in [0.1, 0.15) is 0 Å². The van der Waals surface area contributed by atoms with Crippen molar-refractivity contribution in [1.82, 2.24) is 4.90 Å². The van der Waals surface area contributed by atoms with Crippen molar-refractivity contribution in [2.45, 2.75) is 20.8 Å². The molecule has 0 aliphatic heterocycles. The average molecular weight is 235 g/mol. The van der Waals surface area contributed by atoms with E-state index in [9.17, 15) is 4.79 Å². The third kappa shape index (κ3) is 3.46. The number of nitrogens with one attached hydrogen (secondary N) is 1. The van der Waals surface area contributed by atoms with Gasteiger partial charge in [0.15, 0.2) is 0 Å². The Morgan fingerprint density at radius 3 is 2.65 bits per heavy atom. The number of anilines is 1. The molecule has 4 heteroatoms. The number of hydrogen-bond acceptors (Lipinski definition) is 3. The predicted octanol–water partition coefficient (Wildman–Crippen LogP) is 2.01. The van der Waals surface area contributed by atoms with Gasteiger partial charge in [-0.05, 0) is 25.0 Å². The Labute approximate surface area is 103 Å². The fourth-order valence-corrected chi connectivity index (χ4v) is 1.80. The molecule has 4 nitrogen and oxygen atoms in total. The molecule has 0 aliphatic carbocycles. The summed E-state index contributed by atoms with van der Waals surface area (Å²) in [5, 5.41) is 0. The van der Waals surface area contributed by atoms with Gasteiger partial charge in [0.2, 0.25) is 0 Å². The van der Waals surface area contributed by atoms with Gasteiger partial charge >= 0.3 is 0 Å². The lowest BCUT2D eigenvalue weighted by molar-refractivity contribution is 0.0780. The zero-order valence-electron chi connectivity index (χ0n) is 10.9. The minimum absolute atomic E-state index is 0.00431. The number of aryl methyl sites for hydroxylation is 1. The first-order valence-corrected chi connectivity index (χ1v) is 5.78. The topological polar surface area (TPSA) is 58.4 Å². The molecule has 0 saturated carbocycles. The first kappa shape index (κ1) is 13.5. The van der Waals surface area contributed by atoms with Gasteiger partial charge < -0.3 is 10.3 Å². The Morgan fingerprint density at radius 1 is 1.47 bits per heavy atom. The van der Waals surface area contributed by atoms with Crippen LogP contribution in [-0.2, 0) is 0 Å². The van der Waals surface area contributed by atoms with E-state index < -0.39 is 0 Å². The number of carbonyl (C=O) groups is 1. The minimum atomic E-state index is -0.00431. The maximum Gasteiger partial charge on any atom is 0.255 e. The van der Waals surface area contributed by atoms with Crippen molar-refractivity contribution in [3.8, 4) is 0 Å². The number of nitrogens with zero attached hydrogens (tertiary/aromatic N) is 1. The molecular formula is C13H21N3O. The molecule has 0 saturated heterocycles. The lowest BCUT2D eigenvalue weighted by Crippen LogP contribution is -2.31. The fraction of sp³-hybridized carbons (Fsp3) is 0.462. The normalized spacial score (nSPS) is 10.5. The van der Waals surface area contributed by atoms with E-state index in [0.717, 1.165) is 12.1 Å². The summed E-state index contributed by atoms with van der Waals surface area (Å²) < 4.78 is 0. The molecule has 0 unspecified atom stereocenters. The van der Waals surface area contributed by atoms with E-state index in [1.807, 2.05) is 32.2 Å². The smallest absolute Gasteiger partial charge is 0.255 e. The molecule has 17 heavy (non-hydrogen) atoms. The molecule has 0 bridgehead atoms. The molecule has 3 N–H and O–H groups in total. The van der Waals surface area contributed by atoms with Crippen molar-refractivity contribution in [2.75, 3.05) is 19.0 Å². The second-order valence-electron chi connectivity index (χ2n) is 4.77. The Bertz CT molecular complexity index is 402. The number of hydrazine groups is 1. The predicted molar refractivity (Wildman–Crippen MR) is 70.8 cm³/mol. The highest BCUT2D eigenvalue weighted by Gasteiger charge is 2.16. The third-order valence-corrected chi connectivity index (χ3v) is 2.55. The van der Waals surface area contributed by atoms with Gasteiger partial charge in [-0.15, -0.1) is 0 Å². The lowest BCUT2D eigenvalue weighted by Gasteiger charge is -2.21. The standard InChI is InChI=1S/C13H21N3O/c1-9(2)8-16(4)13(17)11-7-10(3)5-6-12(11)15-14/h5-7,9,15H,8,14H2,1-4H3. The Hall–Kier alpha value is -1.55. The van der Waals surface area contributed by atoms with E-state index in [1.165, 1.54) is 0 Å². The van der Waals surface area contributed by atoms with E-state index in [-0.39, 0.29) is 5.91 Å². The molecule has 1 aromatic rings. The largest absolute Gasteiger partial charge is 0.341 e. The summed E-state index contributed by atoms with van der Waals surface area (Å²) in [6.07, 6.45) is 0. The zero-order chi connectivity index (χ0) is 13.0. The summed E-state index contributed by atoms with van der Waals surface area (Å²) in [4.78, 5) is 14.0. The van der Waals surface area contributed by atoms with Crippen LogP contribution in [0.4, 0.5) is 5.69 Å². The number of carbonyl (C=O) groups excluding carboxylic acids is 1. The first-order chi connectivity index (χ1) is 7.95. The van der Waals surface area contributed by atoms with E-state index >= 15 is 0 Å². The zero-order valence-corrected chi connectivity index (χ0v) is 10.9. The number of benzene rings is 1. The molecule has 0 aliphatic rings. The highest BCUT2D eigenvalue weighted by atomic mass is 16.2. The maximum absolute atomic E-state index is 12.2.